The summed E-state index contributed by atoms with van der Waals surface area (Å²) in [7, 11) is 0. The number of hydrogen-bond donors (Lipinski definition) is 0. The van der Waals surface area contributed by atoms with Crippen LogP contribution in [-0.2, 0) is 10.2 Å². The van der Waals surface area contributed by atoms with E-state index < -0.39 is 0 Å². The van der Waals surface area contributed by atoms with Gasteiger partial charge in [0.2, 0.25) is 0 Å². The van der Waals surface area contributed by atoms with Crippen LogP contribution < -0.4 is 9.47 Å². The highest BCUT2D eigenvalue weighted by Crippen LogP contribution is 2.45. The Morgan fingerprint density at radius 2 is 1.27 bits per heavy atom. The largest absolute Gasteiger partial charge is 0.488 e. The minimum atomic E-state index is -0.344. The summed E-state index contributed by atoms with van der Waals surface area (Å²) in [5, 5.41) is 0. The molecular formula is C30H36O3. The summed E-state index contributed by atoms with van der Waals surface area (Å²) in [4.78, 5) is 11.4. The molecule has 0 heterocycles. The molecule has 0 saturated carbocycles. The quantitative estimate of drug-likeness (QED) is 0.194. The van der Waals surface area contributed by atoms with Crippen molar-refractivity contribution in [2.75, 3.05) is 0 Å². The first-order valence-corrected chi connectivity index (χ1v) is 11.8. The molecule has 0 amide bonds. The van der Waals surface area contributed by atoms with E-state index in [1.807, 2.05) is 12.1 Å². The first kappa shape index (κ1) is 24.6. The molecule has 0 saturated heterocycles. The van der Waals surface area contributed by atoms with Gasteiger partial charge in [-0.3, -0.25) is 4.79 Å². The summed E-state index contributed by atoms with van der Waals surface area (Å²) in [5.41, 5.74) is 3.07. The second-order valence-electron chi connectivity index (χ2n) is 9.73. The second kappa shape index (κ2) is 10.2. The summed E-state index contributed by atoms with van der Waals surface area (Å²) >= 11 is 0. The summed E-state index contributed by atoms with van der Waals surface area (Å²) in [6.45, 7) is 12.3. The number of carbonyl (C=O) groups excluding carboxylic acids is 1. The zero-order chi connectivity index (χ0) is 24.1. The van der Waals surface area contributed by atoms with Gasteiger partial charge in [0.05, 0.1) is 0 Å². The first-order valence-electron chi connectivity index (χ1n) is 11.8. The highest BCUT2D eigenvalue weighted by atomic mass is 16.5. The van der Waals surface area contributed by atoms with E-state index in [-0.39, 0.29) is 17.0 Å². The lowest BCUT2D eigenvalue weighted by Crippen LogP contribution is -2.31. The maximum Gasteiger partial charge on any atom is 0.308 e. The van der Waals surface area contributed by atoms with Crippen LogP contribution in [0.1, 0.15) is 71.1 Å². The Morgan fingerprint density at radius 3 is 1.73 bits per heavy atom. The first-order chi connectivity index (χ1) is 15.7. The monoisotopic (exact) mass is 444 g/mol. The molecule has 3 heteroatoms. The summed E-state index contributed by atoms with van der Waals surface area (Å²) in [6.07, 6.45) is 1.87. The molecule has 0 fully saturated rings. The number of ether oxygens (including phenoxy) is 2. The van der Waals surface area contributed by atoms with Gasteiger partial charge in [-0.15, -0.1) is 0 Å². The third kappa shape index (κ3) is 5.84. The molecule has 3 rings (SSSR count). The van der Waals surface area contributed by atoms with Gasteiger partial charge >= 0.3 is 5.97 Å². The molecule has 33 heavy (non-hydrogen) atoms. The molecule has 0 aromatic heterocycles. The maximum atomic E-state index is 11.4. The number of hydrogen-bond acceptors (Lipinski definition) is 3. The van der Waals surface area contributed by atoms with Gasteiger partial charge in [0.25, 0.3) is 0 Å². The van der Waals surface area contributed by atoms with Gasteiger partial charge < -0.3 is 9.47 Å². The van der Waals surface area contributed by atoms with E-state index in [0.717, 1.165) is 18.6 Å². The maximum absolute atomic E-state index is 11.4. The fourth-order valence-electron chi connectivity index (χ4n) is 4.36. The number of esters is 1. The standard InChI is InChI=1S/C30H36O3/c1-7-29(5,6)33-28-19-15-26(16-20-28)30(21-22(2)3,24-11-9-8-10-12-24)25-13-17-27(18-14-25)32-23(4)31/h8-20,22H,7,21H2,1-6H3. The van der Waals surface area contributed by atoms with Crippen LogP contribution in [0.25, 0.3) is 0 Å². The molecule has 0 spiro atoms. The Labute approximate surface area is 198 Å². The van der Waals surface area contributed by atoms with Crippen LogP contribution in [0.5, 0.6) is 11.5 Å². The van der Waals surface area contributed by atoms with E-state index in [1.165, 1.54) is 23.6 Å². The van der Waals surface area contributed by atoms with Gasteiger partial charge in [-0.05, 0) is 73.6 Å². The van der Waals surface area contributed by atoms with Crippen molar-refractivity contribution < 1.29 is 14.3 Å². The van der Waals surface area contributed by atoms with Crippen LogP contribution in [0.4, 0.5) is 0 Å². The lowest BCUT2D eigenvalue weighted by Gasteiger charge is -2.38. The average Bonchev–Trinajstić information content (AvgIpc) is 2.78. The predicted molar refractivity (Wildman–Crippen MR) is 135 cm³/mol. The third-order valence-electron chi connectivity index (χ3n) is 6.18. The minimum absolute atomic E-state index is 0.206. The van der Waals surface area contributed by atoms with Crippen LogP contribution in [0, 0.1) is 5.92 Å². The molecule has 0 aliphatic carbocycles. The molecule has 0 radical (unpaired) electrons. The smallest absolute Gasteiger partial charge is 0.308 e. The minimum Gasteiger partial charge on any atom is -0.488 e. The molecule has 3 aromatic carbocycles. The van der Waals surface area contributed by atoms with Gasteiger partial charge in [0, 0.05) is 12.3 Å². The van der Waals surface area contributed by atoms with E-state index in [2.05, 4.69) is 101 Å². The molecule has 0 N–H and O–H groups in total. The molecule has 1 atom stereocenters. The van der Waals surface area contributed by atoms with Crippen LogP contribution in [0.15, 0.2) is 78.9 Å². The van der Waals surface area contributed by atoms with E-state index in [0.29, 0.717) is 11.7 Å². The molecule has 1 unspecified atom stereocenters. The fourth-order valence-corrected chi connectivity index (χ4v) is 4.36. The lowest BCUT2D eigenvalue weighted by atomic mass is 9.65. The zero-order valence-corrected chi connectivity index (χ0v) is 20.7. The number of carbonyl (C=O) groups is 1. The van der Waals surface area contributed by atoms with Crippen molar-refractivity contribution in [2.45, 2.75) is 65.4 Å². The van der Waals surface area contributed by atoms with Gasteiger partial charge in [-0.2, -0.15) is 0 Å². The van der Waals surface area contributed by atoms with E-state index in [4.69, 9.17) is 9.47 Å². The summed E-state index contributed by atoms with van der Waals surface area (Å²) < 4.78 is 11.5. The third-order valence-corrected chi connectivity index (χ3v) is 6.18. The van der Waals surface area contributed by atoms with Gasteiger partial charge in [0.15, 0.2) is 0 Å². The highest BCUT2D eigenvalue weighted by Gasteiger charge is 2.37. The summed E-state index contributed by atoms with van der Waals surface area (Å²) in [6, 6.07) is 27.1. The molecule has 0 bridgehead atoms. The van der Waals surface area contributed by atoms with Crippen molar-refractivity contribution in [3.8, 4) is 11.5 Å². The topological polar surface area (TPSA) is 35.5 Å². The molecule has 3 aromatic rings. The van der Waals surface area contributed by atoms with Crippen molar-refractivity contribution in [1.82, 2.24) is 0 Å². The average molecular weight is 445 g/mol. The summed E-state index contributed by atoms with van der Waals surface area (Å²) in [5.74, 6) is 1.57. The molecule has 3 nitrogen and oxygen atoms in total. The van der Waals surface area contributed by atoms with Crippen LogP contribution in [0.3, 0.4) is 0 Å². The number of rotatable bonds is 9. The Kier molecular flexibility index (Phi) is 7.63. The number of benzene rings is 3. The Bertz CT molecular complexity index is 1030. The Hall–Kier alpha value is -3.07. The van der Waals surface area contributed by atoms with E-state index >= 15 is 0 Å². The van der Waals surface area contributed by atoms with Crippen molar-refractivity contribution in [2.24, 2.45) is 5.92 Å². The zero-order valence-electron chi connectivity index (χ0n) is 20.7. The van der Waals surface area contributed by atoms with Crippen molar-refractivity contribution in [1.29, 1.82) is 0 Å². The Balaban J connectivity index is 2.15. The van der Waals surface area contributed by atoms with E-state index in [9.17, 15) is 4.79 Å². The van der Waals surface area contributed by atoms with Gasteiger partial charge in [-0.25, -0.2) is 0 Å². The normalized spacial score (nSPS) is 13.4. The van der Waals surface area contributed by atoms with E-state index in [1.54, 1.807) is 0 Å². The molecule has 0 aliphatic heterocycles. The van der Waals surface area contributed by atoms with Crippen molar-refractivity contribution in [3.63, 3.8) is 0 Å². The second-order valence-corrected chi connectivity index (χ2v) is 9.73. The van der Waals surface area contributed by atoms with Crippen molar-refractivity contribution >= 4 is 5.97 Å². The van der Waals surface area contributed by atoms with Crippen LogP contribution >= 0.6 is 0 Å². The van der Waals surface area contributed by atoms with Crippen molar-refractivity contribution in [3.05, 3.63) is 95.6 Å². The predicted octanol–water partition coefficient (Wildman–Crippen LogP) is 7.56. The SMILES string of the molecule is CCC(C)(C)Oc1ccc(C(CC(C)C)(c2ccccc2)c2ccc(OC(C)=O)cc2)cc1. The van der Waals surface area contributed by atoms with Gasteiger partial charge in [-0.1, -0.05) is 75.4 Å². The Morgan fingerprint density at radius 1 is 0.788 bits per heavy atom. The van der Waals surface area contributed by atoms with Gasteiger partial charge in [0.1, 0.15) is 17.1 Å². The lowest BCUT2D eigenvalue weighted by molar-refractivity contribution is -0.131. The molecule has 174 valence electrons. The van der Waals surface area contributed by atoms with Crippen LogP contribution in [0.2, 0.25) is 0 Å². The highest BCUT2D eigenvalue weighted by molar-refractivity contribution is 5.69. The molecule has 0 aliphatic rings. The van der Waals surface area contributed by atoms with Crippen LogP contribution in [-0.4, -0.2) is 11.6 Å². The molecular weight excluding hydrogens is 408 g/mol. The fraction of sp³-hybridized carbons (Fsp3) is 0.367.